The molecule has 1 aliphatic rings. The first-order valence-corrected chi connectivity index (χ1v) is 6.35. The van der Waals surface area contributed by atoms with Gasteiger partial charge < -0.3 is 9.47 Å². The van der Waals surface area contributed by atoms with Gasteiger partial charge in [-0.05, 0) is 40.0 Å². The molecule has 0 aromatic carbocycles. The first-order valence-electron chi connectivity index (χ1n) is 6.35. The quantitative estimate of drug-likeness (QED) is 0.751. The van der Waals surface area contributed by atoms with E-state index in [0.29, 0.717) is 13.0 Å². The zero-order chi connectivity index (χ0) is 14.0. The van der Waals surface area contributed by atoms with E-state index in [1.807, 2.05) is 27.7 Å². The summed E-state index contributed by atoms with van der Waals surface area (Å²) in [4.78, 5) is 23.4. The third-order valence-corrected chi connectivity index (χ3v) is 2.92. The first kappa shape index (κ1) is 15.0. The van der Waals surface area contributed by atoms with Crippen LogP contribution < -0.4 is 5.32 Å². The molecule has 1 fully saturated rings. The monoisotopic (exact) mass is 257 g/mol. The van der Waals surface area contributed by atoms with Crippen LogP contribution in [0.3, 0.4) is 0 Å². The van der Waals surface area contributed by atoms with E-state index in [-0.39, 0.29) is 24.4 Å². The molecule has 5 heteroatoms. The van der Waals surface area contributed by atoms with Crippen molar-refractivity contribution in [2.75, 3.05) is 13.2 Å². The number of carbonyl (C=O) groups is 2. The van der Waals surface area contributed by atoms with Gasteiger partial charge in [0.2, 0.25) is 0 Å². The van der Waals surface area contributed by atoms with Crippen LogP contribution >= 0.6 is 0 Å². The van der Waals surface area contributed by atoms with Gasteiger partial charge in [0.05, 0.1) is 13.2 Å². The molecule has 18 heavy (non-hydrogen) atoms. The van der Waals surface area contributed by atoms with Crippen LogP contribution in [0.5, 0.6) is 0 Å². The average molecular weight is 257 g/mol. The average Bonchev–Trinajstić information content (AvgIpc) is 2.86. The van der Waals surface area contributed by atoms with Crippen molar-refractivity contribution in [3.63, 3.8) is 0 Å². The maximum atomic E-state index is 11.8. The summed E-state index contributed by atoms with van der Waals surface area (Å²) in [6, 6.07) is 0. The van der Waals surface area contributed by atoms with Crippen LogP contribution in [-0.4, -0.2) is 36.2 Å². The van der Waals surface area contributed by atoms with Gasteiger partial charge in [0.25, 0.3) is 0 Å². The van der Waals surface area contributed by atoms with E-state index in [1.165, 1.54) is 0 Å². The Labute approximate surface area is 108 Å². The van der Waals surface area contributed by atoms with E-state index in [4.69, 9.17) is 9.47 Å². The van der Waals surface area contributed by atoms with Gasteiger partial charge in [0, 0.05) is 0 Å². The van der Waals surface area contributed by atoms with E-state index < -0.39 is 11.1 Å². The molecule has 0 aromatic heterocycles. The molecule has 0 saturated heterocycles. The second kappa shape index (κ2) is 5.26. The molecular formula is C13H23NO4. The number of hydrogen-bond acceptors (Lipinski definition) is 5. The van der Waals surface area contributed by atoms with Crippen LogP contribution in [-0.2, 0) is 19.1 Å². The third kappa shape index (κ3) is 3.70. The molecule has 0 bridgehead atoms. The van der Waals surface area contributed by atoms with Crippen molar-refractivity contribution < 1.29 is 19.1 Å². The van der Waals surface area contributed by atoms with Crippen LogP contribution in [0.1, 0.15) is 41.0 Å². The lowest BCUT2D eigenvalue weighted by molar-refractivity contribution is -0.154. The van der Waals surface area contributed by atoms with Gasteiger partial charge in [-0.2, -0.15) is 0 Å². The Hall–Kier alpha value is -1.10. The SMILES string of the molecule is CCOC(=O)C1(NCC(=O)OC(C)(C)C)CC1C. The summed E-state index contributed by atoms with van der Waals surface area (Å²) in [7, 11) is 0. The number of esters is 2. The van der Waals surface area contributed by atoms with E-state index in [9.17, 15) is 9.59 Å². The highest BCUT2D eigenvalue weighted by Gasteiger charge is 2.58. The molecule has 1 rings (SSSR count). The molecule has 0 radical (unpaired) electrons. The van der Waals surface area contributed by atoms with Crippen LogP contribution in [0.4, 0.5) is 0 Å². The predicted octanol–water partition coefficient (Wildman–Crippen LogP) is 1.26. The molecule has 0 aliphatic heterocycles. The number of ether oxygens (including phenoxy) is 2. The number of carbonyl (C=O) groups excluding carboxylic acids is 2. The van der Waals surface area contributed by atoms with Crippen molar-refractivity contribution in [2.24, 2.45) is 5.92 Å². The van der Waals surface area contributed by atoms with Gasteiger partial charge in [-0.1, -0.05) is 6.92 Å². The Morgan fingerprint density at radius 1 is 1.39 bits per heavy atom. The molecular weight excluding hydrogens is 234 g/mol. The topological polar surface area (TPSA) is 64.6 Å². The molecule has 1 N–H and O–H groups in total. The molecule has 5 nitrogen and oxygen atoms in total. The summed E-state index contributed by atoms with van der Waals surface area (Å²) in [5.41, 5.74) is -1.20. The standard InChI is InChI=1S/C13H23NO4/c1-6-17-11(16)13(7-9(13)2)14-8-10(15)18-12(3,4)5/h9,14H,6-8H2,1-5H3. The number of rotatable bonds is 5. The molecule has 0 spiro atoms. The van der Waals surface area contributed by atoms with E-state index in [1.54, 1.807) is 6.92 Å². The van der Waals surface area contributed by atoms with Gasteiger partial charge in [-0.15, -0.1) is 0 Å². The summed E-state index contributed by atoms with van der Waals surface area (Å²) >= 11 is 0. The summed E-state index contributed by atoms with van der Waals surface area (Å²) < 4.78 is 10.2. The molecule has 0 heterocycles. The van der Waals surface area contributed by atoms with Gasteiger partial charge in [-0.25, -0.2) is 0 Å². The highest BCUT2D eigenvalue weighted by atomic mass is 16.6. The molecule has 1 saturated carbocycles. The third-order valence-electron chi connectivity index (χ3n) is 2.92. The van der Waals surface area contributed by atoms with Gasteiger partial charge in [0.1, 0.15) is 11.1 Å². The Bertz CT molecular complexity index is 334. The van der Waals surface area contributed by atoms with Crippen molar-refractivity contribution in [1.29, 1.82) is 0 Å². The van der Waals surface area contributed by atoms with Crippen LogP contribution in [0.2, 0.25) is 0 Å². The largest absolute Gasteiger partial charge is 0.465 e. The summed E-state index contributed by atoms with van der Waals surface area (Å²) in [6.07, 6.45) is 0.703. The summed E-state index contributed by atoms with van der Waals surface area (Å²) in [5.74, 6) is -0.440. The Balaban J connectivity index is 2.46. The van der Waals surface area contributed by atoms with Gasteiger partial charge in [-0.3, -0.25) is 14.9 Å². The zero-order valence-electron chi connectivity index (χ0n) is 11.8. The molecule has 0 aromatic rings. The summed E-state index contributed by atoms with van der Waals surface area (Å²) in [6.45, 7) is 9.54. The lowest BCUT2D eigenvalue weighted by Gasteiger charge is -2.21. The molecule has 0 amide bonds. The second-order valence-electron chi connectivity index (χ2n) is 5.74. The number of nitrogens with one attached hydrogen (secondary N) is 1. The van der Waals surface area contributed by atoms with Crippen molar-refractivity contribution >= 4 is 11.9 Å². The summed E-state index contributed by atoms with van der Waals surface area (Å²) in [5, 5.41) is 2.98. The molecule has 2 atom stereocenters. The van der Waals surface area contributed by atoms with Crippen LogP contribution in [0, 0.1) is 5.92 Å². The maximum absolute atomic E-state index is 11.8. The van der Waals surface area contributed by atoms with Crippen LogP contribution in [0.15, 0.2) is 0 Å². The fraction of sp³-hybridized carbons (Fsp3) is 0.846. The fourth-order valence-electron chi connectivity index (χ4n) is 1.89. The van der Waals surface area contributed by atoms with E-state index >= 15 is 0 Å². The van der Waals surface area contributed by atoms with Crippen molar-refractivity contribution in [1.82, 2.24) is 5.32 Å². The lowest BCUT2D eigenvalue weighted by Crippen LogP contribution is -2.45. The van der Waals surface area contributed by atoms with Crippen molar-refractivity contribution in [3.05, 3.63) is 0 Å². The van der Waals surface area contributed by atoms with Crippen LogP contribution in [0.25, 0.3) is 0 Å². The minimum absolute atomic E-state index is 0.0282. The first-order chi connectivity index (χ1) is 8.21. The normalized spacial score (nSPS) is 26.6. The Morgan fingerprint density at radius 2 is 1.94 bits per heavy atom. The zero-order valence-corrected chi connectivity index (χ0v) is 11.8. The fourth-order valence-corrected chi connectivity index (χ4v) is 1.89. The van der Waals surface area contributed by atoms with E-state index in [2.05, 4.69) is 5.32 Å². The Kier molecular flexibility index (Phi) is 4.37. The second-order valence-corrected chi connectivity index (χ2v) is 5.74. The molecule has 2 unspecified atom stereocenters. The van der Waals surface area contributed by atoms with Crippen molar-refractivity contribution in [3.8, 4) is 0 Å². The minimum atomic E-state index is -0.688. The molecule has 104 valence electrons. The Morgan fingerprint density at radius 3 is 2.33 bits per heavy atom. The molecule has 1 aliphatic carbocycles. The predicted molar refractivity (Wildman–Crippen MR) is 67.0 cm³/mol. The minimum Gasteiger partial charge on any atom is -0.465 e. The maximum Gasteiger partial charge on any atom is 0.326 e. The van der Waals surface area contributed by atoms with Gasteiger partial charge >= 0.3 is 11.9 Å². The highest BCUT2D eigenvalue weighted by Crippen LogP contribution is 2.43. The van der Waals surface area contributed by atoms with Crippen molar-refractivity contribution in [2.45, 2.75) is 52.2 Å². The smallest absolute Gasteiger partial charge is 0.326 e. The number of hydrogen-bond donors (Lipinski definition) is 1. The highest BCUT2D eigenvalue weighted by molar-refractivity contribution is 5.86. The van der Waals surface area contributed by atoms with Gasteiger partial charge in [0.15, 0.2) is 0 Å². The van der Waals surface area contributed by atoms with E-state index in [0.717, 1.165) is 0 Å². The lowest BCUT2D eigenvalue weighted by atomic mass is 10.2.